The molecule has 0 spiro atoms. The molecule has 2 aromatic rings. The third-order valence-electron chi connectivity index (χ3n) is 4.55. The number of halogens is 1. The van der Waals surface area contributed by atoms with Gasteiger partial charge in [-0.1, -0.05) is 35.9 Å². The van der Waals surface area contributed by atoms with Crippen molar-refractivity contribution in [1.29, 1.82) is 0 Å². The number of methoxy groups -OCH3 is 1. The molecule has 5 nitrogen and oxygen atoms in total. The summed E-state index contributed by atoms with van der Waals surface area (Å²) in [5, 5.41) is 20.2. The summed E-state index contributed by atoms with van der Waals surface area (Å²) in [5.74, 6) is -0.378. The maximum Gasteiger partial charge on any atom is 0.197 e. The first-order valence-electron chi connectivity index (χ1n) is 8.55. The van der Waals surface area contributed by atoms with Gasteiger partial charge in [-0.25, -0.2) is 0 Å². The molecule has 2 N–H and O–H groups in total. The summed E-state index contributed by atoms with van der Waals surface area (Å²) in [7, 11) is 1.53. The fourth-order valence-electron chi connectivity index (χ4n) is 3.21. The second-order valence-corrected chi connectivity index (χ2v) is 6.79. The van der Waals surface area contributed by atoms with E-state index in [1.165, 1.54) is 7.11 Å². The zero-order valence-corrected chi connectivity index (χ0v) is 15.4. The monoisotopic (exact) mass is 378 g/mol. The molecule has 6 heteroatoms. The molecule has 2 aromatic carbocycles. The Kier molecular flexibility index (Phi) is 6.16. The fraction of sp³-hybridized carbons (Fsp3) is 0.400. The lowest BCUT2D eigenvalue weighted by molar-refractivity contribution is -0.298. The molecule has 3 unspecified atom stereocenters. The topological polar surface area (TPSA) is 68.2 Å². The van der Waals surface area contributed by atoms with Crippen LogP contribution in [-0.2, 0) is 21.9 Å². The average molecular weight is 379 g/mol. The maximum absolute atomic E-state index is 10.2. The molecule has 3 atom stereocenters. The second-order valence-electron chi connectivity index (χ2n) is 6.38. The highest BCUT2D eigenvalue weighted by Gasteiger charge is 2.43. The molecule has 0 aromatic heterocycles. The normalized spacial score (nSPS) is 25.8. The second kappa shape index (κ2) is 8.37. The minimum atomic E-state index is -1.13. The Labute approximate surface area is 158 Å². The van der Waals surface area contributed by atoms with Crippen molar-refractivity contribution >= 4 is 11.6 Å². The molecule has 26 heavy (non-hydrogen) atoms. The Bertz CT molecular complexity index is 723. The smallest absolute Gasteiger partial charge is 0.197 e. The molecule has 1 aliphatic rings. The summed E-state index contributed by atoms with van der Waals surface area (Å²) in [6, 6.07) is 14.9. The summed E-state index contributed by atoms with van der Waals surface area (Å²) >= 11 is 6.32. The highest BCUT2D eigenvalue weighted by atomic mass is 35.5. The lowest BCUT2D eigenvalue weighted by atomic mass is 9.92. The lowest BCUT2D eigenvalue weighted by Gasteiger charge is -2.42. The Hall–Kier alpha value is -1.63. The van der Waals surface area contributed by atoms with E-state index in [1.807, 2.05) is 42.5 Å². The van der Waals surface area contributed by atoms with Gasteiger partial charge in [0.05, 0.1) is 18.8 Å². The van der Waals surface area contributed by atoms with Gasteiger partial charge in [0.2, 0.25) is 0 Å². The minimum absolute atomic E-state index is 0.181. The zero-order chi connectivity index (χ0) is 18.6. The van der Waals surface area contributed by atoms with E-state index in [1.54, 1.807) is 6.07 Å². The number of aliphatic hydroxyl groups excluding tert-OH is 2. The number of benzene rings is 2. The molecular weight excluding hydrogens is 356 g/mol. The van der Waals surface area contributed by atoms with Crippen LogP contribution in [0.1, 0.15) is 24.0 Å². The zero-order valence-electron chi connectivity index (χ0n) is 14.6. The molecule has 1 aliphatic heterocycles. The number of ether oxygens (including phenoxy) is 3. The van der Waals surface area contributed by atoms with Gasteiger partial charge in [-0.05, 0) is 24.3 Å². The van der Waals surface area contributed by atoms with Crippen LogP contribution in [0.25, 0.3) is 0 Å². The van der Waals surface area contributed by atoms with Gasteiger partial charge in [-0.2, -0.15) is 0 Å². The van der Waals surface area contributed by atoms with Gasteiger partial charge in [-0.3, -0.25) is 0 Å². The van der Waals surface area contributed by atoms with Crippen molar-refractivity contribution in [3.05, 3.63) is 64.7 Å². The largest absolute Gasteiger partial charge is 0.489 e. The number of para-hydroxylation sites is 1. The molecule has 0 amide bonds. The molecule has 3 rings (SSSR count). The summed E-state index contributed by atoms with van der Waals surface area (Å²) in [5.41, 5.74) is 1.52. The van der Waals surface area contributed by atoms with Crippen LogP contribution in [0, 0.1) is 0 Å². The molecule has 1 heterocycles. The van der Waals surface area contributed by atoms with Crippen LogP contribution >= 0.6 is 11.6 Å². The predicted octanol–water partition coefficient (Wildman–Crippen LogP) is 3.25. The number of aliphatic hydroxyl groups is 2. The van der Waals surface area contributed by atoms with Crippen LogP contribution in [0.3, 0.4) is 0 Å². The fourth-order valence-corrected chi connectivity index (χ4v) is 3.38. The van der Waals surface area contributed by atoms with Crippen LogP contribution in [0.5, 0.6) is 5.75 Å². The van der Waals surface area contributed by atoms with Gasteiger partial charge in [0.1, 0.15) is 12.4 Å². The molecule has 0 radical (unpaired) electrons. The standard InChI is InChI=1S/C20H23ClO5/c1-24-20(11-16(23)10-18(12-22)26-20)15-7-8-19(21)14(9-15)13-25-17-5-3-2-4-6-17/h2-9,16,18,22-23H,10-13H2,1H3. The van der Waals surface area contributed by atoms with E-state index in [-0.39, 0.29) is 13.0 Å². The van der Waals surface area contributed by atoms with Crippen LogP contribution in [-0.4, -0.2) is 36.1 Å². The van der Waals surface area contributed by atoms with Gasteiger partial charge in [-0.15, -0.1) is 0 Å². The number of hydrogen-bond donors (Lipinski definition) is 2. The minimum Gasteiger partial charge on any atom is -0.489 e. The molecule has 140 valence electrons. The Morgan fingerprint density at radius 3 is 2.69 bits per heavy atom. The van der Waals surface area contributed by atoms with E-state index < -0.39 is 18.0 Å². The molecule has 0 aliphatic carbocycles. The van der Waals surface area contributed by atoms with Crippen molar-refractivity contribution in [3.63, 3.8) is 0 Å². The summed E-state index contributed by atoms with van der Waals surface area (Å²) in [4.78, 5) is 0. The third kappa shape index (κ3) is 4.19. The third-order valence-corrected chi connectivity index (χ3v) is 4.92. The van der Waals surface area contributed by atoms with Crippen LogP contribution in [0.15, 0.2) is 48.5 Å². The van der Waals surface area contributed by atoms with E-state index >= 15 is 0 Å². The van der Waals surface area contributed by atoms with Crippen molar-refractivity contribution in [2.45, 2.75) is 37.4 Å². The molecular formula is C20H23ClO5. The SMILES string of the molecule is COC1(c2ccc(Cl)c(COc3ccccc3)c2)CC(O)CC(CO)O1. The Balaban J connectivity index is 1.85. The van der Waals surface area contributed by atoms with Crippen molar-refractivity contribution in [2.24, 2.45) is 0 Å². The summed E-state index contributed by atoms with van der Waals surface area (Å²) in [6.07, 6.45) is -0.460. The average Bonchev–Trinajstić information content (AvgIpc) is 2.67. The van der Waals surface area contributed by atoms with Gasteiger partial charge in [0.15, 0.2) is 5.79 Å². The van der Waals surface area contributed by atoms with Crippen LogP contribution in [0.4, 0.5) is 0 Å². The summed E-state index contributed by atoms with van der Waals surface area (Å²) in [6.45, 7) is 0.113. The van der Waals surface area contributed by atoms with E-state index in [4.69, 9.17) is 25.8 Å². The first kappa shape index (κ1) is 19.1. The lowest BCUT2D eigenvalue weighted by Crippen LogP contribution is -2.46. The van der Waals surface area contributed by atoms with E-state index in [2.05, 4.69) is 0 Å². The van der Waals surface area contributed by atoms with Crippen LogP contribution in [0.2, 0.25) is 5.02 Å². The van der Waals surface area contributed by atoms with E-state index in [9.17, 15) is 10.2 Å². The highest BCUT2D eigenvalue weighted by molar-refractivity contribution is 6.31. The summed E-state index contributed by atoms with van der Waals surface area (Å²) < 4.78 is 17.4. The number of hydrogen-bond acceptors (Lipinski definition) is 5. The maximum atomic E-state index is 10.2. The molecule has 1 saturated heterocycles. The van der Waals surface area contributed by atoms with Crippen molar-refractivity contribution in [2.75, 3.05) is 13.7 Å². The molecule has 0 bridgehead atoms. The van der Waals surface area contributed by atoms with E-state index in [0.29, 0.717) is 18.1 Å². The van der Waals surface area contributed by atoms with Crippen molar-refractivity contribution in [1.82, 2.24) is 0 Å². The highest BCUT2D eigenvalue weighted by Crippen LogP contribution is 2.39. The van der Waals surface area contributed by atoms with Crippen molar-refractivity contribution < 1.29 is 24.4 Å². The Morgan fingerprint density at radius 1 is 1.23 bits per heavy atom. The van der Waals surface area contributed by atoms with E-state index in [0.717, 1.165) is 16.9 Å². The first-order valence-corrected chi connectivity index (χ1v) is 8.93. The molecule has 0 saturated carbocycles. The quantitative estimate of drug-likeness (QED) is 0.807. The van der Waals surface area contributed by atoms with Crippen molar-refractivity contribution in [3.8, 4) is 5.75 Å². The van der Waals surface area contributed by atoms with Crippen LogP contribution < -0.4 is 4.74 Å². The first-order chi connectivity index (χ1) is 12.6. The van der Waals surface area contributed by atoms with Gasteiger partial charge in [0, 0.05) is 36.1 Å². The van der Waals surface area contributed by atoms with Gasteiger partial charge < -0.3 is 24.4 Å². The van der Waals surface area contributed by atoms with Gasteiger partial charge in [0.25, 0.3) is 0 Å². The Morgan fingerprint density at radius 2 is 2.00 bits per heavy atom. The predicted molar refractivity (Wildman–Crippen MR) is 98.1 cm³/mol. The molecule has 1 fully saturated rings. The number of rotatable bonds is 6. The van der Waals surface area contributed by atoms with Gasteiger partial charge >= 0.3 is 0 Å².